The van der Waals surface area contributed by atoms with E-state index in [-0.39, 0.29) is 5.54 Å². The largest absolute Gasteiger partial charge is 0.304 e. The summed E-state index contributed by atoms with van der Waals surface area (Å²) in [7, 11) is 2.20. The summed E-state index contributed by atoms with van der Waals surface area (Å²) in [6.45, 7) is 9.89. The van der Waals surface area contributed by atoms with Crippen LogP contribution in [0, 0.1) is 17.2 Å². The normalized spacial score (nSPS) is 28.8. The van der Waals surface area contributed by atoms with Crippen molar-refractivity contribution in [3.8, 4) is 6.07 Å². The van der Waals surface area contributed by atoms with Crippen molar-refractivity contribution in [3.05, 3.63) is 0 Å². The molecule has 0 bridgehead atoms. The number of nitrogens with one attached hydrogen (secondary N) is 1. The average Bonchev–Trinajstić information content (AvgIpc) is 2.77. The van der Waals surface area contributed by atoms with E-state index in [1.807, 2.05) is 0 Å². The standard InChI is InChI=1S/C16H31N3/c1-6-14(4)19(5)11-9-15-8-7-10-16(15,12-17)18-13(2)3/h13-15,18H,6-11H2,1-5H3. The van der Waals surface area contributed by atoms with Gasteiger partial charge in [-0.2, -0.15) is 5.26 Å². The average molecular weight is 265 g/mol. The van der Waals surface area contributed by atoms with Crippen LogP contribution < -0.4 is 5.32 Å². The molecular formula is C16H31N3. The van der Waals surface area contributed by atoms with E-state index in [4.69, 9.17) is 0 Å². The predicted octanol–water partition coefficient (Wildman–Crippen LogP) is 3.17. The van der Waals surface area contributed by atoms with Crippen LogP contribution in [0.3, 0.4) is 0 Å². The summed E-state index contributed by atoms with van der Waals surface area (Å²) in [4.78, 5) is 2.43. The van der Waals surface area contributed by atoms with Gasteiger partial charge in [0.15, 0.2) is 0 Å². The maximum absolute atomic E-state index is 9.63. The summed E-state index contributed by atoms with van der Waals surface area (Å²) in [6.07, 6.45) is 5.72. The van der Waals surface area contributed by atoms with E-state index in [1.54, 1.807) is 0 Å². The molecule has 0 heterocycles. The van der Waals surface area contributed by atoms with Crippen molar-refractivity contribution >= 4 is 0 Å². The van der Waals surface area contributed by atoms with Crippen LogP contribution in [0.2, 0.25) is 0 Å². The number of nitrogens with zero attached hydrogens (tertiary/aromatic N) is 2. The van der Waals surface area contributed by atoms with Crippen molar-refractivity contribution in [3.63, 3.8) is 0 Å². The molecule has 0 spiro atoms. The molecule has 1 N–H and O–H groups in total. The molecule has 1 fully saturated rings. The SMILES string of the molecule is CCC(C)N(C)CCC1CCCC1(C#N)NC(C)C. The molecule has 3 unspecified atom stereocenters. The zero-order valence-electron chi connectivity index (χ0n) is 13.4. The Kier molecular flexibility index (Phi) is 6.29. The molecule has 1 aliphatic rings. The van der Waals surface area contributed by atoms with Crippen molar-refractivity contribution in [1.82, 2.24) is 10.2 Å². The van der Waals surface area contributed by atoms with Gasteiger partial charge in [-0.25, -0.2) is 0 Å². The summed E-state index contributed by atoms with van der Waals surface area (Å²) >= 11 is 0. The topological polar surface area (TPSA) is 39.1 Å². The molecule has 0 radical (unpaired) electrons. The van der Waals surface area contributed by atoms with Crippen molar-refractivity contribution in [2.75, 3.05) is 13.6 Å². The lowest BCUT2D eigenvalue weighted by molar-refractivity contribution is 0.205. The van der Waals surface area contributed by atoms with E-state index in [2.05, 4.69) is 51.0 Å². The predicted molar refractivity (Wildman–Crippen MR) is 81.0 cm³/mol. The van der Waals surface area contributed by atoms with Crippen LogP contribution in [0.4, 0.5) is 0 Å². The summed E-state index contributed by atoms with van der Waals surface area (Å²) < 4.78 is 0. The molecule has 0 aliphatic heterocycles. The Morgan fingerprint density at radius 3 is 2.63 bits per heavy atom. The third-order valence-electron chi connectivity index (χ3n) is 4.74. The van der Waals surface area contributed by atoms with Crippen LogP contribution in [0.15, 0.2) is 0 Å². The molecule has 0 aromatic rings. The fourth-order valence-corrected chi connectivity index (χ4v) is 3.24. The molecule has 19 heavy (non-hydrogen) atoms. The second-order valence-corrected chi connectivity index (χ2v) is 6.50. The lowest BCUT2D eigenvalue weighted by Gasteiger charge is -2.33. The Balaban J connectivity index is 2.59. The van der Waals surface area contributed by atoms with E-state index < -0.39 is 0 Å². The molecule has 0 aromatic heterocycles. The van der Waals surface area contributed by atoms with Crippen LogP contribution in [-0.2, 0) is 0 Å². The van der Waals surface area contributed by atoms with Gasteiger partial charge in [-0.1, -0.05) is 13.3 Å². The van der Waals surface area contributed by atoms with Crippen molar-refractivity contribution in [2.24, 2.45) is 5.92 Å². The molecule has 0 aromatic carbocycles. The van der Waals surface area contributed by atoms with Gasteiger partial charge in [-0.05, 0) is 66.0 Å². The number of nitriles is 1. The molecule has 0 amide bonds. The first kappa shape index (κ1) is 16.5. The van der Waals surface area contributed by atoms with E-state index in [9.17, 15) is 5.26 Å². The highest BCUT2D eigenvalue weighted by Gasteiger charge is 2.43. The van der Waals surface area contributed by atoms with Crippen LogP contribution in [-0.4, -0.2) is 36.1 Å². The van der Waals surface area contributed by atoms with Crippen molar-refractivity contribution in [2.45, 2.75) is 77.4 Å². The van der Waals surface area contributed by atoms with Gasteiger partial charge in [0, 0.05) is 12.1 Å². The molecule has 1 aliphatic carbocycles. The Labute approximate surface area is 119 Å². The van der Waals surface area contributed by atoms with Crippen molar-refractivity contribution in [1.29, 1.82) is 5.26 Å². The van der Waals surface area contributed by atoms with E-state index in [0.29, 0.717) is 18.0 Å². The number of rotatable bonds is 7. The molecule has 110 valence electrons. The van der Waals surface area contributed by atoms with Gasteiger partial charge in [-0.3, -0.25) is 5.32 Å². The summed E-state index contributed by atoms with van der Waals surface area (Å²) in [5, 5.41) is 13.2. The summed E-state index contributed by atoms with van der Waals surface area (Å²) in [5.41, 5.74) is -0.273. The first-order chi connectivity index (χ1) is 8.95. The van der Waals surface area contributed by atoms with E-state index >= 15 is 0 Å². The van der Waals surface area contributed by atoms with Crippen molar-refractivity contribution < 1.29 is 0 Å². The molecule has 0 saturated heterocycles. The maximum Gasteiger partial charge on any atom is 0.109 e. The Morgan fingerprint density at radius 2 is 2.11 bits per heavy atom. The van der Waals surface area contributed by atoms with Crippen LogP contribution >= 0.6 is 0 Å². The molecule has 1 saturated carbocycles. The monoisotopic (exact) mass is 265 g/mol. The minimum atomic E-state index is -0.273. The highest BCUT2D eigenvalue weighted by atomic mass is 15.1. The zero-order chi connectivity index (χ0) is 14.5. The minimum absolute atomic E-state index is 0.273. The third-order valence-corrected chi connectivity index (χ3v) is 4.74. The van der Waals surface area contributed by atoms with E-state index in [1.165, 1.54) is 19.3 Å². The van der Waals surface area contributed by atoms with Crippen LogP contribution in [0.5, 0.6) is 0 Å². The molecule has 3 atom stereocenters. The molecule has 3 heteroatoms. The molecule has 1 rings (SSSR count). The van der Waals surface area contributed by atoms with Crippen LogP contribution in [0.25, 0.3) is 0 Å². The Bertz CT molecular complexity index is 308. The zero-order valence-corrected chi connectivity index (χ0v) is 13.4. The van der Waals surface area contributed by atoms with E-state index in [0.717, 1.165) is 19.4 Å². The van der Waals surface area contributed by atoms with Gasteiger partial charge in [-0.15, -0.1) is 0 Å². The maximum atomic E-state index is 9.63. The van der Waals surface area contributed by atoms with Gasteiger partial charge in [0.1, 0.15) is 5.54 Å². The second kappa shape index (κ2) is 7.26. The summed E-state index contributed by atoms with van der Waals surface area (Å²) in [6, 6.07) is 3.61. The van der Waals surface area contributed by atoms with Gasteiger partial charge in [0.2, 0.25) is 0 Å². The minimum Gasteiger partial charge on any atom is -0.304 e. The van der Waals surface area contributed by atoms with Crippen LogP contribution in [0.1, 0.15) is 59.8 Å². The van der Waals surface area contributed by atoms with Gasteiger partial charge < -0.3 is 4.90 Å². The quantitative estimate of drug-likeness (QED) is 0.768. The third kappa shape index (κ3) is 4.19. The number of hydrogen-bond acceptors (Lipinski definition) is 3. The smallest absolute Gasteiger partial charge is 0.109 e. The fourth-order valence-electron chi connectivity index (χ4n) is 3.24. The highest BCUT2D eigenvalue weighted by Crippen LogP contribution is 2.38. The Morgan fingerprint density at radius 1 is 1.42 bits per heavy atom. The first-order valence-electron chi connectivity index (χ1n) is 7.84. The lowest BCUT2D eigenvalue weighted by atomic mass is 9.85. The molecule has 3 nitrogen and oxygen atoms in total. The number of hydrogen-bond donors (Lipinski definition) is 1. The fraction of sp³-hybridized carbons (Fsp3) is 0.938. The molecular weight excluding hydrogens is 234 g/mol. The van der Waals surface area contributed by atoms with Gasteiger partial charge in [0.05, 0.1) is 6.07 Å². The Hall–Kier alpha value is -0.590. The first-order valence-corrected chi connectivity index (χ1v) is 7.84. The summed E-state index contributed by atoms with van der Waals surface area (Å²) in [5.74, 6) is 0.506. The van der Waals surface area contributed by atoms with Gasteiger partial charge >= 0.3 is 0 Å². The lowest BCUT2D eigenvalue weighted by Crippen LogP contribution is -2.50. The van der Waals surface area contributed by atoms with Gasteiger partial charge in [0.25, 0.3) is 0 Å². The highest BCUT2D eigenvalue weighted by molar-refractivity contribution is 5.14. The second-order valence-electron chi connectivity index (χ2n) is 6.50.